The van der Waals surface area contributed by atoms with Crippen molar-refractivity contribution in [2.45, 2.75) is 65.5 Å². The van der Waals surface area contributed by atoms with Gasteiger partial charge in [0.2, 0.25) is 0 Å². The van der Waals surface area contributed by atoms with E-state index in [-0.39, 0.29) is 30.9 Å². The van der Waals surface area contributed by atoms with Crippen LogP contribution in [0.3, 0.4) is 0 Å². The molecule has 0 bridgehead atoms. The Bertz CT molecular complexity index is 1440. The molecular formula is C26H32N4O5. The number of aryl methyl sites for hydroxylation is 2. The quantitative estimate of drug-likeness (QED) is 0.341. The van der Waals surface area contributed by atoms with E-state index >= 15 is 0 Å². The first-order valence-electron chi connectivity index (χ1n) is 12.1. The van der Waals surface area contributed by atoms with Gasteiger partial charge in [-0.1, -0.05) is 50.6 Å². The van der Waals surface area contributed by atoms with Gasteiger partial charge in [-0.05, 0) is 35.7 Å². The number of aliphatic hydroxyl groups is 2. The second-order valence-electron chi connectivity index (χ2n) is 8.69. The predicted molar refractivity (Wildman–Crippen MR) is 135 cm³/mol. The third-order valence-corrected chi connectivity index (χ3v) is 6.07. The maximum atomic E-state index is 13.4. The van der Waals surface area contributed by atoms with E-state index < -0.39 is 17.4 Å². The maximum absolute atomic E-state index is 13.4. The Kier molecular flexibility index (Phi) is 7.67. The summed E-state index contributed by atoms with van der Waals surface area (Å²) in [7, 11) is 0. The van der Waals surface area contributed by atoms with Gasteiger partial charge >= 0.3 is 5.69 Å². The van der Waals surface area contributed by atoms with Gasteiger partial charge in [-0.15, -0.1) is 0 Å². The number of hydrogen-bond acceptors (Lipinski definition) is 6. The largest absolute Gasteiger partial charge is 0.491 e. The SMILES string of the molecule is CCCCn1c(=O)n(CC(O)COc2ccc3ccccc3c2)c(=O)c2c1nc(CO)n2CCC. The third kappa shape index (κ3) is 5.01. The molecule has 186 valence electrons. The van der Waals surface area contributed by atoms with E-state index in [0.717, 1.165) is 34.6 Å². The van der Waals surface area contributed by atoms with Crippen LogP contribution in [0.15, 0.2) is 52.1 Å². The molecule has 0 saturated heterocycles. The highest BCUT2D eigenvalue weighted by molar-refractivity contribution is 5.83. The molecule has 0 amide bonds. The van der Waals surface area contributed by atoms with E-state index in [1.165, 1.54) is 4.57 Å². The highest BCUT2D eigenvalue weighted by atomic mass is 16.5. The molecule has 2 aromatic heterocycles. The van der Waals surface area contributed by atoms with E-state index in [9.17, 15) is 19.8 Å². The normalized spacial score (nSPS) is 12.5. The Morgan fingerprint density at radius 3 is 2.46 bits per heavy atom. The van der Waals surface area contributed by atoms with Crippen molar-refractivity contribution in [1.82, 2.24) is 18.7 Å². The molecule has 0 radical (unpaired) electrons. The van der Waals surface area contributed by atoms with Crippen LogP contribution >= 0.6 is 0 Å². The first-order valence-corrected chi connectivity index (χ1v) is 12.1. The molecule has 2 heterocycles. The van der Waals surface area contributed by atoms with Crippen molar-refractivity contribution in [3.05, 3.63) is 69.1 Å². The lowest BCUT2D eigenvalue weighted by Gasteiger charge is -2.16. The standard InChI is InChI=1S/C26H32N4O5/c1-3-5-13-29-24-23(28(12-4-2)22(16-31)27-24)25(33)30(26(29)34)15-20(32)17-35-21-11-10-18-8-6-7-9-19(18)14-21/h6-11,14,20,31-32H,3-5,12-13,15-17H2,1-2H3. The average molecular weight is 481 g/mol. The molecule has 35 heavy (non-hydrogen) atoms. The fourth-order valence-electron chi connectivity index (χ4n) is 4.31. The summed E-state index contributed by atoms with van der Waals surface area (Å²) in [4.78, 5) is 31.1. The van der Waals surface area contributed by atoms with Gasteiger partial charge in [-0.2, -0.15) is 0 Å². The smallest absolute Gasteiger partial charge is 0.332 e. The Labute approximate surface area is 202 Å². The topological polar surface area (TPSA) is 112 Å². The average Bonchev–Trinajstić information content (AvgIpc) is 3.23. The molecule has 1 atom stereocenters. The Morgan fingerprint density at radius 1 is 0.971 bits per heavy atom. The number of hydrogen-bond donors (Lipinski definition) is 2. The number of nitrogens with zero attached hydrogens (tertiary/aromatic N) is 4. The number of ether oxygens (including phenoxy) is 1. The molecule has 0 saturated carbocycles. The van der Waals surface area contributed by atoms with Crippen LogP contribution in [0.25, 0.3) is 21.9 Å². The van der Waals surface area contributed by atoms with Gasteiger partial charge in [0.05, 0.1) is 6.54 Å². The third-order valence-electron chi connectivity index (χ3n) is 6.07. The van der Waals surface area contributed by atoms with Crippen molar-refractivity contribution in [3.8, 4) is 5.75 Å². The van der Waals surface area contributed by atoms with Gasteiger partial charge in [0.15, 0.2) is 11.2 Å². The molecule has 0 aliphatic rings. The highest BCUT2D eigenvalue weighted by Gasteiger charge is 2.22. The molecule has 0 aliphatic carbocycles. The minimum absolute atomic E-state index is 0.0761. The lowest BCUT2D eigenvalue weighted by atomic mass is 10.1. The number of fused-ring (bicyclic) bond motifs is 2. The van der Waals surface area contributed by atoms with Crippen LogP contribution in [0.4, 0.5) is 0 Å². The van der Waals surface area contributed by atoms with Gasteiger partial charge in [-0.3, -0.25) is 13.9 Å². The monoisotopic (exact) mass is 480 g/mol. The molecular weight excluding hydrogens is 448 g/mol. The molecule has 9 heteroatoms. The zero-order valence-electron chi connectivity index (χ0n) is 20.2. The lowest BCUT2D eigenvalue weighted by molar-refractivity contribution is 0.0902. The van der Waals surface area contributed by atoms with E-state index in [1.807, 2.05) is 56.3 Å². The summed E-state index contributed by atoms with van der Waals surface area (Å²) >= 11 is 0. The first-order chi connectivity index (χ1) is 17.0. The van der Waals surface area contributed by atoms with Gasteiger partial charge in [0.1, 0.15) is 30.9 Å². The molecule has 0 fully saturated rings. The van der Waals surface area contributed by atoms with E-state index in [1.54, 1.807) is 4.57 Å². The molecule has 2 N–H and O–H groups in total. The zero-order chi connectivity index (χ0) is 24.9. The minimum Gasteiger partial charge on any atom is -0.491 e. The van der Waals surface area contributed by atoms with Crippen LogP contribution in [0, 0.1) is 0 Å². The van der Waals surface area contributed by atoms with Crippen LogP contribution in [0.5, 0.6) is 5.75 Å². The second-order valence-corrected chi connectivity index (χ2v) is 8.69. The van der Waals surface area contributed by atoms with Crippen molar-refractivity contribution in [3.63, 3.8) is 0 Å². The Morgan fingerprint density at radius 2 is 1.74 bits per heavy atom. The molecule has 1 unspecified atom stereocenters. The Hall–Kier alpha value is -3.43. The molecule has 4 aromatic rings. The van der Waals surface area contributed by atoms with Crippen molar-refractivity contribution in [2.75, 3.05) is 6.61 Å². The summed E-state index contributed by atoms with van der Waals surface area (Å²) in [5, 5.41) is 22.6. The van der Waals surface area contributed by atoms with Crippen LogP contribution in [-0.2, 0) is 26.2 Å². The molecule has 9 nitrogen and oxygen atoms in total. The van der Waals surface area contributed by atoms with Crippen LogP contribution in [0.2, 0.25) is 0 Å². The van der Waals surface area contributed by atoms with Crippen molar-refractivity contribution in [2.24, 2.45) is 0 Å². The summed E-state index contributed by atoms with van der Waals surface area (Å²) in [5.74, 6) is 0.945. The fourth-order valence-corrected chi connectivity index (χ4v) is 4.31. The number of rotatable bonds is 11. The summed E-state index contributed by atoms with van der Waals surface area (Å²) in [6, 6.07) is 13.5. The van der Waals surface area contributed by atoms with Gasteiger partial charge in [-0.25, -0.2) is 9.78 Å². The van der Waals surface area contributed by atoms with Crippen LogP contribution in [0.1, 0.15) is 38.9 Å². The molecule has 0 aliphatic heterocycles. The fraction of sp³-hybridized carbons (Fsp3) is 0.423. The lowest BCUT2D eigenvalue weighted by Crippen LogP contribution is -2.44. The van der Waals surface area contributed by atoms with E-state index in [2.05, 4.69) is 4.98 Å². The number of unbranched alkanes of at least 4 members (excludes halogenated alkanes) is 1. The first kappa shape index (κ1) is 24.7. The molecule has 4 rings (SSSR count). The molecule has 2 aromatic carbocycles. The number of aromatic nitrogens is 4. The second kappa shape index (κ2) is 10.9. The van der Waals surface area contributed by atoms with Gasteiger partial charge in [0, 0.05) is 13.1 Å². The molecule has 0 spiro atoms. The number of aliphatic hydroxyl groups excluding tert-OH is 2. The van der Waals surface area contributed by atoms with E-state index in [0.29, 0.717) is 24.7 Å². The summed E-state index contributed by atoms with van der Waals surface area (Å²) < 4.78 is 9.98. The van der Waals surface area contributed by atoms with Crippen molar-refractivity contribution < 1.29 is 14.9 Å². The van der Waals surface area contributed by atoms with Crippen LogP contribution < -0.4 is 16.0 Å². The van der Waals surface area contributed by atoms with Crippen molar-refractivity contribution >= 4 is 21.9 Å². The van der Waals surface area contributed by atoms with Crippen LogP contribution in [-0.4, -0.2) is 41.6 Å². The summed E-state index contributed by atoms with van der Waals surface area (Å²) in [6.07, 6.45) is 1.24. The number of benzene rings is 2. The highest BCUT2D eigenvalue weighted by Crippen LogP contribution is 2.20. The predicted octanol–water partition coefficient (Wildman–Crippen LogP) is 2.66. The summed E-state index contributed by atoms with van der Waals surface area (Å²) in [6.45, 7) is 4.24. The van der Waals surface area contributed by atoms with Crippen molar-refractivity contribution in [1.29, 1.82) is 0 Å². The maximum Gasteiger partial charge on any atom is 0.332 e. The zero-order valence-corrected chi connectivity index (χ0v) is 20.2. The minimum atomic E-state index is -1.08. The van der Waals surface area contributed by atoms with Gasteiger partial charge in [0.25, 0.3) is 5.56 Å². The van der Waals surface area contributed by atoms with Gasteiger partial charge < -0.3 is 19.5 Å². The Balaban J connectivity index is 1.65. The number of imidazole rings is 1. The summed E-state index contributed by atoms with van der Waals surface area (Å²) in [5.41, 5.74) is -0.493. The van der Waals surface area contributed by atoms with E-state index in [4.69, 9.17) is 4.74 Å².